The highest BCUT2D eigenvalue weighted by Crippen LogP contribution is 1.95. The SMILES string of the molecule is C#CC(=C)/C=C\C(=C)CNC=O.OC1CCNC1. The van der Waals surface area contributed by atoms with Crippen LogP contribution in [0.25, 0.3) is 0 Å². The van der Waals surface area contributed by atoms with E-state index in [1.807, 2.05) is 0 Å². The largest absolute Gasteiger partial charge is 0.392 e. The average molecular weight is 248 g/mol. The molecule has 0 spiro atoms. The van der Waals surface area contributed by atoms with Gasteiger partial charge >= 0.3 is 0 Å². The summed E-state index contributed by atoms with van der Waals surface area (Å²) in [5.41, 5.74) is 1.36. The Balaban J connectivity index is 0.000000397. The van der Waals surface area contributed by atoms with Crippen LogP contribution >= 0.6 is 0 Å². The number of rotatable bonds is 5. The van der Waals surface area contributed by atoms with E-state index in [0.29, 0.717) is 18.5 Å². The molecule has 0 radical (unpaired) electrons. The molecule has 1 unspecified atom stereocenters. The van der Waals surface area contributed by atoms with Crippen LogP contribution in [0.3, 0.4) is 0 Å². The molecule has 18 heavy (non-hydrogen) atoms. The van der Waals surface area contributed by atoms with E-state index in [-0.39, 0.29) is 6.10 Å². The maximum atomic E-state index is 9.88. The first kappa shape index (κ1) is 16.2. The number of allylic oxidation sites excluding steroid dienone is 2. The lowest BCUT2D eigenvalue weighted by atomic mass is 10.2. The molecule has 1 atom stereocenters. The van der Waals surface area contributed by atoms with E-state index in [1.54, 1.807) is 12.2 Å². The van der Waals surface area contributed by atoms with Gasteiger partial charge < -0.3 is 15.7 Å². The van der Waals surface area contributed by atoms with Gasteiger partial charge in [0.25, 0.3) is 0 Å². The molecular weight excluding hydrogens is 228 g/mol. The van der Waals surface area contributed by atoms with E-state index in [4.69, 9.17) is 11.5 Å². The molecule has 0 saturated carbocycles. The molecule has 1 saturated heterocycles. The van der Waals surface area contributed by atoms with Crippen LogP contribution in [-0.2, 0) is 4.79 Å². The van der Waals surface area contributed by atoms with Gasteiger partial charge in [0.2, 0.25) is 6.41 Å². The van der Waals surface area contributed by atoms with Gasteiger partial charge in [0.05, 0.1) is 6.10 Å². The van der Waals surface area contributed by atoms with Crippen molar-refractivity contribution in [3.05, 3.63) is 36.5 Å². The third kappa shape index (κ3) is 9.40. The zero-order chi connectivity index (χ0) is 13.8. The summed E-state index contributed by atoms with van der Waals surface area (Å²) in [6, 6.07) is 0. The molecule has 1 heterocycles. The summed E-state index contributed by atoms with van der Waals surface area (Å²) in [6.45, 7) is 9.46. The maximum absolute atomic E-state index is 9.88. The Morgan fingerprint density at radius 3 is 2.67 bits per heavy atom. The number of aliphatic hydroxyl groups is 1. The van der Waals surface area contributed by atoms with E-state index in [2.05, 4.69) is 29.7 Å². The molecule has 1 aliphatic heterocycles. The van der Waals surface area contributed by atoms with E-state index < -0.39 is 0 Å². The third-order valence-corrected chi connectivity index (χ3v) is 2.15. The topological polar surface area (TPSA) is 61.4 Å². The van der Waals surface area contributed by atoms with Gasteiger partial charge in [-0.05, 0) is 24.6 Å². The molecule has 1 amide bonds. The van der Waals surface area contributed by atoms with Crippen LogP contribution in [0, 0.1) is 12.3 Å². The van der Waals surface area contributed by atoms with Crippen LogP contribution in [-0.4, -0.2) is 37.3 Å². The Bertz CT molecular complexity index is 347. The van der Waals surface area contributed by atoms with Crippen molar-refractivity contribution in [2.24, 2.45) is 0 Å². The third-order valence-electron chi connectivity index (χ3n) is 2.15. The predicted octanol–water partition coefficient (Wildman–Crippen LogP) is 0.375. The summed E-state index contributed by atoms with van der Waals surface area (Å²) in [4.78, 5) is 9.88. The number of terminal acetylenes is 1. The molecule has 0 aromatic carbocycles. The van der Waals surface area contributed by atoms with Crippen molar-refractivity contribution in [3.8, 4) is 12.3 Å². The minimum absolute atomic E-state index is 0.0648. The fraction of sp³-hybridized carbons (Fsp3) is 0.357. The fourth-order valence-corrected chi connectivity index (χ4v) is 1.14. The summed E-state index contributed by atoms with van der Waals surface area (Å²) in [5.74, 6) is 2.36. The molecule has 0 aliphatic carbocycles. The van der Waals surface area contributed by atoms with Gasteiger partial charge in [0.15, 0.2) is 0 Å². The molecule has 0 aromatic heterocycles. The predicted molar refractivity (Wildman–Crippen MR) is 73.8 cm³/mol. The zero-order valence-electron chi connectivity index (χ0n) is 10.5. The highest BCUT2D eigenvalue weighted by atomic mass is 16.3. The molecular formula is C14H20N2O2. The molecule has 1 rings (SSSR count). The van der Waals surface area contributed by atoms with E-state index in [1.165, 1.54) is 0 Å². The average Bonchev–Trinajstić information content (AvgIpc) is 2.85. The molecule has 1 fully saturated rings. The summed E-state index contributed by atoms with van der Waals surface area (Å²) in [5, 5.41) is 14.2. The smallest absolute Gasteiger partial charge is 0.207 e. The lowest BCUT2D eigenvalue weighted by Gasteiger charge is -1.96. The number of nitrogens with one attached hydrogen (secondary N) is 2. The van der Waals surface area contributed by atoms with Crippen molar-refractivity contribution >= 4 is 6.41 Å². The molecule has 3 N–H and O–H groups in total. The second-order valence-corrected chi connectivity index (χ2v) is 3.81. The monoisotopic (exact) mass is 248 g/mol. The first-order valence-electron chi connectivity index (χ1n) is 5.67. The molecule has 4 nitrogen and oxygen atoms in total. The number of β-amino-alcohol motifs (C(OH)–C–C–N with tert-alkyl or cyclic N) is 1. The Morgan fingerprint density at radius 1 is 1.56 bits per heavy atom. The summed E-state index contributed by atoms with van der Waals surface area (Å²) in [6.07, 6.45) is 9.94. The van der Waals surface area contributed by atoms with E-state index in [9.17, 15) is 4.79 Å². The number of carbonyl (C=O) groups excluding carboxylic acids is 1. The van der Waals surface area contributed by atoms with Crippen molar-refractivity contribution in [2.75, 3.05) is 19.6 Å². The minimum Gasteiger partial charge on any atom is -0.392 e. The van der Waals surface area contributed by atoms with Crippen LogP contribution < -0.4 is 10.6 Å². The summed E-state index contributed by atoms with van der Waals surface area (Å²) < 4.78 is 0. The lowest BCUT2D eigenvalue weighted by molar-refractivity contribution is -0.109. The van der Waals surface area contributed by atoms with Gasteiger partial charge in [-0.15, -0.1) is 6.42 Å². The highest BCUT2D eigenvalue weighted by Gasteiger charge is 2.08. The van der Waals surface area contributed by atoms with Crippen LogP contribution in [0.15, 0.2) is 36.5 Å². The molecule has 0 bridgehead atoms. The van der Waals surface area contributed by atoms with Crippen molar-refractivity contribution in [1.82, 2.24) is 10.6 Å². The number of carbonyl (C=O) groups is 1. The molecule has 0 aromatic rings. The van der Waals surface area contributed by atoms with Crippen molar-refractivity contribution in [2.45, 2.75) is 12.5 Å². The van der Waals surface area contributed by atoms with Crippen LogP contribution in [0.2, 0.25) is 0 Å². The molecule has 98 valence electrons. The highest BCUT2D eigenvalue weighted by molar-refractivity contribution is 5.47. The molecule has 1 aliphatic rings. The van der Waals surface area contributed by atoms with Crippen LogP contribution in [0.5, 0.6) is 0 Å². The van der Waals surface area contributed by atoms with E-state index >= 15 is 0 Å². The fourth-order valence-electron chi connectivity index (χ4n) is 1.14. The van der Waals surface area contributed by atoms with Gasteiger partial charge in [-0.1, -0.05) is 25.2 Å². The van der Waals surface area contributed by atoms with Gasteiger partial charge in [-0.3, -0.25) is 4.79 Å². The van der Waals surface area contributed by atoms with Gasteiger partial charge in [0.1, 0.15) is 0 Å². The first-order chi connectivity index (χ1) is 8.60. The van der Waals surface area contributed by atoms with Crippen molar-refractivity contribution in [3.63, 3.8) is 0 Å². The second-order valence-electron chi connectivity index (χ2n) is 3.81. The van der Waals surface area contributed by atoms with Gasteiger partial charge in [0, 0.05) is 18.7 Å². The number of hydrogen-bond acceptors (Lipinski definition) is 3. The first-order valence-corrected chi connectivity index (χ1v) is 5.67. The van der Waals surface area contributed by atoms with E-state index in [0.717, 1.165) is 25.1 Å². The normalized spacial score (nSPS) is 17.4. The second kappa shape index (κ2) is 10.3. The number of amides is 1. The quantitative estimate of drug-likeness (QED) is 0.374. The lowest BCUT2D eigenvalue weighted by Crippen LogP contribution is -2.12. The maximum Gasteiger partial charge on any atom is 0.207 e. The van der Waals surface area contributed by atoms with Gasteiger partial charge in [-0.25, -0.2) is 0 Å². The standard InChI is InChI=1S/C10H11NO.C4H9NO/c1-4-9(2)5-6-10(3)7-11-8-12;6-4-1-2-5-3-4/h1,5-6,8H,2-3,7H2,(H,11,12);4-6H,1-3H2/b6-5-;. The zero-order valence-corrected chi connectivity index (χ0v) is 10.5. The van der Waals surface area contributed by atoms with Crippen LogP contribution in [0.4, 0.5) is 0 Å². The number of hydrogen-bond donors (Lipinski definition) is 3. The molecule has 4 heteroatoms. The number of aliphatic hydroxyl groups excluding tert-OH is 1. The van der Waals surface area contributed by atoms with Crippen molar-refractivity contribution in [1.29, 1.82) is 0 Å². The Hall–Kier alpha value is -1.83. The van der Waals surface area contributed by atoms with Crippen LogP contribution in [0.1, 0.15) is 6.42 Å². The minimum atomic E-state index is -0.0648. The van der Waals surface area contributed by atoms with Gasteiger partial charge in [-0.2, -0.15) is 0 Å². The Morgan fingerprint density at radius 2 is 2.28 bits per heavy atom. The summed E-state index contributed by atoms with van der Waals surface area (Å²) >= 11 is 0. The Labute approximate surface area is 108 Å². The van der Waals surface area contributed by atoms with Crippen molar-refractivity contribution < 1.29 is 9.90 Å². The summed E-state index contributed by atoms with van der Waals surface area (Å²) in [7, 11) is 0. The Kier molecular flexibility index (Phi) is 9.28.